The lowest BCUT2D eigenvalue weighted by Crippen LogP contribution is -2.36. The molecule has 0 N–H and O–H groups in total. The molecule has 5 heteroatoms. The molecule has 0 saturated heterocycles. The molecule has 2 heterocycles. The topological polar surface area (TPSA) is 6.48 Å². The molecular weight excluding hydrogens is 511 g/mol. The zero-order valence-corrected chi connectivity index (χ0v) is 20.5. The Hall–Kier alpha value is -1.11. The summed E-state index contributed by atoms with van der Waals surface area (Å²) in [7, 11) is 2.18. The number of fused-ring (bicyclic) bond motifs is 2. The van der Waals surface area contributed by atoms with Crippen molar-refractivity contribution in [3.05, 3.63) is 71.4 Å². The van der Waals surface area contributed by atoms with E-state index in [1.807, 2.05) is 11.8 Å². The van der Waals surface area contributed by atoms with Gasteiger partial charge in [-0.1, -0.05) is 73.0 Å². The normalized spacial score (nSPS) is 22.8. The molecule has 1 aliphatic carbocycles. The van der Waals surface area contributed by atoms with Crippen LogP contribution in [0.1, 0.15) is 37.7 Å². The molecule has 1 saturated carbocycles. The maximum Gasteiger partial charge on any atom is 0.110 e. The van der Waals surface area contributed by atoms with E-state index in [0.717, 1.165) is 5.16 Å². The standard InChI is InChI=1S/C24H25ClN2S.HI/c1-26-21-13-7-8-14-22(21)28-24(26)16-17-15-23(25)27(18-9-3-2-4-10-18)20-12-6-5-11-19(17)20;/h5-8,11-16,18,24H,2-4,9-10H2,1H3;1H. The highest BCUT2D eigenvalue weighted by Crippen LogP contribution is 2.46. The van der Waals surface area contributed by atoms with Crippen molar-refractivity contribution in [2.45, 2.75) is 48.4 Å². The maximum atomic E-state index is 6.88. The lowest BCUT2D eigenvalue weighted by Gasteiger charge is -2.39. The van der Waals surface area contributed by atoms with E-state index in [2.05, 4.69) is 77.5 Å². The molecule has 1 fully saturated rings. The van der Waals surface area contributed by atoms with Crippen molar-refractivity contribution in [1.29, 1.82) is 0 Å². The zero-order valence-electron chi connectivity index (χ0n) is 16.6. The third-order valence-electron chi connectivity index (χ3n) is 6.12. The van der Waals surface area contributed by atoms with Gasteiger partial charge in [-0.15, -0.1) is 24.0 Å². The minimum absolute atomic E-state index is 0. The third kappa shape index (κ3) is 3.96. The first-order chi connectivity index (χ1) is 13.7. The molecule has 3 aliphatic rings. The lowest BCUT2D eigenvalue weighted by molar-refractivity contribution is 0.432. The van der Waals surface area contributed by atoms with Crippen LogP contribution in [0, 0.1) is 0 Å². The summed E-state index contributed by atoms with van der Waals surface area (Å²) in [5, 5.41) is 1.14. The van der Waals surface area contributed by atoms with Gasteiger partial charge in [-0.05, 0) is 48.8 Å². The number of allylic oxidation sites excluding steroid dienone is 2. The van der Waals surface area contributed by atoms with Gasteiger partial charge >= 0.3 is 0 Å². The van der Waals surface area contributed by atoms with Crippen molar-refractivity contribution in [3.8, 4) is 0 Å². The summed E-state index contributed by atoms with van der Waals surface area (Å²) in [6.45, 7) is 0. The molecule has 0 amide bonds. The van der Waals surface area contributed by atoms with Crippen molar-refractivity contribution in [2.75, 3.05) is 16.8 Å². The summed E-state index contributed by atoms with van der Waals surface area (Å²) >= 11 is 8.78. The molecule has 2 aromatic rings. The molecule has 5 rings (SSSR count). The SMILES string of the molecule is CN1c2ccccc2SC1C=C1C=C(Cl)N(C2CCCCC2)c2ccccc21.I. The van der Waals surface area contributed by atoms with Gasteiger partial charge < -0.3 is 9.80 Å². The Morgan fingerprint density at radius 3 is 2.41 bits per heavy atom. The second-order valence-corrected chi connectivity index (χ2v) is 9.40. The molecule has 2 aromatic carbocycles. The van der Waals surface area contributed by atoms with Gasteiger partial charge in [-0.2, -0.15) is 0 Å². The molecule has 0 spiro atoms. The quantitative estimate of drug-likeness (QED) is 0.290. The highest BCUT2D eigenvalue weighted by atomic mass is 127. The first-order valence-corrected chi connectivity index (χ1v) is 11.4. The summed E-state index contributed by atoms with van der Waals surface area (Å²) in [5.41, 5.74) is 5.08. The first kappa shape index (κ1) is 21.1. The maximum absolute atomic E-state index is 6.88. The summed E-state index contributed by atoms with van der Waals surface area (Å²) < 4.78 is 0. The van der Waals surface area contributed by atoms with Gasteiger partial charge in [0.1, 0.15) is 5.16 Å². The molecule has 1 atom stereocenters. The monoisotopic (exact) mass is 536 g/mol. The number of nitrogens with zero attached hydrogens (tertiary/aromatic N) is 2. The van der Waals surface area contributed by atoms with Crippen LogP contribution in [0.25, 0.3) is 5.57 Å². The second kappa shape index (κ2) is 8.94. The minimum atomic E-state index is 0. The van der Waals surface area contributed by atoms with Crippen molar-refractivity contribution < 1.29 is 0 Å². The Balaban J connectivity index is 0.00000205. The van der Waals surface area contributed by atoms with Crippen LogP contribution in [-0.4, -0.2) is 18.5 Å². The van der Waals surface area contributed by atoms with Gasteiger partial charge in [0.15, 0.2) is 0 Å². The van der Waals surface area contributed by atoms with E-state index < -0.39 is 0 Å². The van der Waals surface area contributed by atoms with Gasteiger partial charge in [0.05, 0.1) is 11.1 Å². The zero-order chi connectivity index (χ0) is 19.1. The van der Waals surface area contributed by atoms with Gasteiger partial charge in [-0.25, -0.2) is 0 Å². The van der Waals surface area contributed by atoms with Crippen LogP contribution in [-0.2, 0) is 0 Å². The number of rotatable bonds is 2. The number of halogens is 2. The third-order valence-corrected chi connectivity index (χ3v) is 7.70. The van der Waals surface area contributed by atoms with E-state index in [0.29, 0.717) is 6.04 Å². The number of para-hydroxylation sites is 2. The number of hydrogen-bond donors (Lipinski definition) is 0. The smallest absolute Gasteiger partial charge is 0.110 e. The summed E-state index contributed by atoms with van der Waals surface area (Å²) in [6, 6.07) is 17.9. The van der Waals surface area contributed by atoms with Crippen LogP contribution in [0.15, 0.2) is 70.7 Å². The summed E-state index contributed by atoms with van der Waals surface area (Å²) in [4.78, 5) is 6.08. The predicted molar refractivity (Wildman–Crippen MR) is 138 cm³/mol. The predicted octanol–water partition coefficient (Wildman–Crippen LogP) is 7.49. The van der Waals surface area contributed by atoms with Crippen LogP contribution in [0.3, 0.4) is 0 Å². The molecule has 2 aliphatic heterocycles. The molecule has 2 nitrogen and oxygen atoms in total. The van der Waals surface area contributed by atoms with Crippen LogP contribution >= 0.6 is 47.3 Å². The average Bonchev–Trinajstić information content (AvgIpc) is 3.04. The molecule has 0 radical (unpaired) electrons. The molecular formula is C24H26ClIN2S. The Labute approximate surface area is 200 Å². The number of likely N-dealkylation sites (N-methyl/N-ethyl adjacent to an activating group) is 1. The van der Waals surface area contributed by atoms with Gasteiger partial charge in [0, 0.05) is 29.2 Å². The number of benzene rings is 2. The van der Waals surface area contributed by atoms with Crippen molar-refractivity contribution in [3.63, 3.8) is 0 Å². The van der Waals surface area contributed by atoms with Crippen molar-refractivity contribution in [2.24, 2.45) is 0 Å². The Bertz CT molecular complexity index is 951. The molecule has 152 valence electrons. The van der Waals surface area contributed by atoms with Gasteiger partial charge in [0.2, 0.25) is 0 Å². The molecule has 29 heavy (non-hydrogen) atoms. The average molecular weight is 537 g/mol. The fourth-order valence-electron chi connectivity index (χ4n) is 4.66. The van der Waals surface area contributed by atoms with E-state index in [4.69, 9.17) is 11.6 Å². The highest BCUT2D eigenvalue weighted by Gasteiger charge is 2.31. The van der Waals surface area contributed by atoms with E-state index in [9.17, 15) is 0 Å². The molecule has 0 bridgehead atoms. The highest BCUT2D eigenvalue weighted by molar-refractivity contribution is 14.0. The van der Waals surface area contributed by atoms with E-state index in [1.54, 1.807) is 0 Å². The van der Waals surface area contributed by atoms with Gasteiger partial charge in [0.25, 0.3) is 0 Å². The van der Waals surface area contributed by atoms with Crippen LogP contribution in [0.5, 0.6) is 0 Å². The molecule has 1 unspecified atom stereocenters. The largest absolute Gasteiger partial charge is 0.358 e. The van der Waals surface area contributed by atoms with Crippen molar-refractivity contribution >= 4 is 64.3 Å². The van der Waals surface area contributed by atoms with E-state index in [1.165, 1.54) is 59.5 Å². The van der Waals surface area contributed by atoms with Crippen LogP contribution in [0.2, 0.25) is 0 Å². The lowest BCUT2D eigenvalue weighted by atomic mass is 9.91. The Kier molecular flexibility index (Phi) is 6.52. The fourth-order valence-corrected chi connectivity index (χ4v) is 6.24. The first-order valence-electron chi connectivity index (χ1n) is 10.2. The van der Waals surface area contributed by atoms with Crippen LogP contribution < -0.4 is 9.80 Å². The van der Waals surface area contributed by atoms with Gasteiger partial charge in [-0.3, -0.25) is 0 Å². The minimum Gasteiger partial charge on any atom is -0.358 e. The molecule has 0 aromatic heterocycles. The number of thioether (sulfide) groups is 1. The van der Waals surface area contributed by atoms with E-state index >= 15 is 0 Å². The number of hydrogen-bond acceptors (Lipinski definition) is 3. The summed E-state index contributed by atoms with van der Waals surface area (Å²) in [6.07, 6.45) is 11.0. The second-order valence-electron chi connectivity index (χ2n) is 7.86. The van der Waals surface area contributed by atoms with E-state index in [-0.39, 0.29) is 29.4 Å². The van der Waals surface area contributed by atoms with Crippen LogP contribution in [0.4, 0.5) is 11.4 Å². The Morgan fingerprint density at radius 2 is 1.66 bits per heavy atom. The Morgan fingerprint density at radius 1 is 0.966 bits per heavy atom. The fraction of sp³-hybridized carbons (Fsp3) is 0.333. The van der Waals surface area contributed by atoms with Crippen molar-refractivity contribution in [1.82, 2.24) is 0 Å². The summed E-state index contributed by atoms with van der Waals surface area (Å²) in [5.74, 6) is 0. The number of anilines is 2.